The number of phosphoric acid groups is 1. The minimum atomic E-state index is -4.43. The first-order valence-corrected chi connectivity index (χ1v) is 5.25. The molecule has 3 atom stereocenters. The third kappa shape index (κ3) is 5.63. The van der Waals surface area contributed by atoms with Gasteiger partial charge in [0.15, 0.2) is 6.29 Å². The van der Waals surface area contributed by atoms with Gasteiger partial charge in [0, 0.05) is 6.54 Å². The van der Waals surface area contributed by atoms with Crippen LogP contribution in [0.15, 0.2) is 0 Å². The molecule has 8 nitrogen and oxygen atoms in total. The molecular formula is C5H14NO7P. The lowest BCUT2D eigenvalue weighted by Crippen LogP contribution is -2.31. The third-order valence-corrected chi connectivity index (χ3v) is 2.12. The molecule has 0 spiro atoms. The van der Waals surface area contributed by atoms with Crippen LogP contribution in [0.2, 0.25) is 0 Å². The number of hydrogen-bond donors (Lipinski definition) is 5. The van der Waals surface area contributed by atoms with E-state index in [0.29, 0.717) is 0 Å². The maximum absolute atomic E-state index is 10.9. The number of aliphatic hydroxyl groups excluding tert-OH is 3. The van der Waals surface area contributed by atoms with Crippen LogP contribution in [-0.4, -0.2) is 52.4 Å². The van der Waals surface area contributed by atoms with Crippen LogP contribution in [0.25, 0.3) is 0 Å². The van der Waals surface area contributed by atoms with E-state index in [9.17, 15) is 4.57 Å². The highest BCUT2D eigenvalue weighted by atomic mass is 31.2. The Morgan fingerprint density at radius 3 is 2.43 bits per heavy atom. The largest absolute Gasteiger partial charge is 0.474 e. The molecule has 6 N–H and O–H groups in total. The third-order valence-electron chi connectivity index (χ3n) is 1.13. The second-order valence-electron chi connectivity index (χ2n) is 2.34. The van der Waals surface area contributed by atoms with Gasteiger partial charge < -0.3 is 25.9 Å². The first-order valence-electron chi connectivity index (χ1n) is 3.75. The molecule has 0 saturated carbocycles. The molecule has 0 aliphatic carbocycles. The van der Waals surface area contributed by atoms with Crippen molar-refractivity contribution in [3.8, 4) is 0 Å². The highest BCUT2D eigenvalue weighted by molar-refractivity contribution is 7.47. The predicted molar refractivity (Wildman–Crippen MR) is 45.0 cm³/mol. The van der Waals surface area contributed by atoms with Crippen LogP contribution < -0.4 is 5.73 Å². The summed E-state index contributed by atoms with van der Waals surface area (Å²) in [6.07, 6.45) is -3.66. The highest BCUT2D eigenvalue weighted by Crippen LogP contribution is 2.44. The summed E-state index contributed by atoms with van der Waals surface area (Å²) in [5.41, 5.74) is 4.99. The topological polar surface area (TPSA) is 142 Å². The summed E-state index contributed by atoms with van der Waals surface area (Å²) < 4.78 is 19.2. The van der Waals surface area contributed by atoms with Crippen molar-refractivity contribution < 1.29 is 33.8 Å². The van der Waals surface area contributed by atoms with Crippen molar-refractivity contribution in [2.45, 2.75) is 12.4 Å². The number of aliphatic hydroxyl groups is 3. The van der Waals surface area contributed by atoms with Crippen molar-refractivity contribution in [2.24, 2.45) is 5.73 Å². The summed E-state index contributed by atoms with van der Waals surface area (Å²) >= 11 is 0. The van der Waals surface area contributed by atoms with E-state index >= 15 is 0 Å². The number of hydrogen-bond acceptors (Lipinski definition) is 7. The minimum absolute atomic E-state index is 0.00651. The van der Waals surface area contributed by atoms with Gasteiger partial charge in [-0.15, -0.1) is 0 Å². The zero-order valence-corrected chi connectivity index (χ0v) is 8.21. The normalized spacial score (nSPS) is 20.1. The Balaban J connectivity index is 4.01. The first kappa shape index (κ1) is 13.9. The summed E-state index contributed by atoms with van der Waals surface area (Å²) in [5.74, 6) is 0. The van der Waals surface area contributed by atoms with E-state index in [1.807, 2.05) is 0 Å². The SMILES string of the molecule is NCCOP(=O)(O)OC(O)[C@@H](O)CO. The van der Waals surface area contributed by atoms with Crippen molar-refractivity contribution in [1.82, 2.24) is 0 Å². The van der Waals surface area contributed by atoms with Crippen molar-refractivity contribution in [1.29, 1.82) is 0 Å². The van der Waals surface area contributed by atoms with Crippen molar-refractivity contribution in [3.63, 3.8) is 0 Å². The van der Waals surface area contributed by atoms with Crippen LogP contribution in [0.3, 0.4) is 0 Å². The van der Waals surface area contributed by atoms with E-state index in [0.717, 1.165) is 0 Å². The predicted octanol–water partition coefficient (Wildman–Crippen LogP) is -2.25. The van der Waals surface area contributed by atoms with Gasteiger partial charge in [-0.25, -0.2) is 4.57 Å². The number of nitrogens with two attached hydrogens (primary N) is 1. The van der Waals surface area contributed by atoms with Crippen LogP contribution in [0.1, 0.15) is 0 Å². The highest BCUT2D eigenvalue weighted by Gasteiger charge is 2.29. The van der Waals surface area contributed by atoms with E-state index in [-0.39, 0.29) is 13.2 Å². The second kappa shape index (κ2) is 6.44. The molecule has 0 amide bonds. The van der Waals surface area contributed by atoms with Gasteiger partial charge in [0.25, 0.3) is 0 Å². The monoisotopic (exact) mass is 231 g/mol. The zero-order valence-electron chi connectivity index (χ0n) is 7.31. The maximum atomic E-state index is 10.9. The number of phosphoric ester groups is 1. The van der Waals surface area contributed by atoms with Crippen molar-refractivity contribution in [2.75, 3.05) is 19.8 Å². The standard InChI is InChI=1S/C5H14NO7P/c6-1-2-12-14(10,11)13-5(9)4(8)3-7/h4-5,7-9H,1-3,6H2,(H,10,11)/t4-,5?/m0/s1. The molecule has 0 heterocycles. The fraction of sp³-hybridized carbons (Fsp3) is 1.00. The quantitative estimate of drug-likeness (QED) is 0.244. The van der Waals surface area contributed by atoms with Crippen molar-refractivity contribution in [3.05, 3.63) is 0 Å². The lowest BCUT2D eigenvalue weighted by molar-refractivity contribution is -0.129. The Hall–Kier alpha value is -0.0500. The Morgan fingerprint density at radius 1 is 1.43 bits per heavy atom. The molecule has 0 saturated heterocycles. The fourth-order valence-corrected chi connectivity index (χ4v) is 1.31. The van der Waals surface area contributed by atoms with Gasteiger partial charge >= 0.3 is 7.82 Å². The average molecular weight is 231 g/mol. The van der Waals surface area contributed by atoms with Gasteiger partial charge in [-0.1, -0.05) is 0 Å². The molecule has 0 aromatic rings. The molecule has 0 aromatic carbocycles. The first-order chi connectivity index (χ1) is 6.43. The van der Waals surface area contributed by atoms with E-state index in [2.05, 4.69) is 9.05 Å². The van der Waals surface area contributed by atoms with Gasteiger partial charge in [-0.2, -0.15) is 0 Å². The minimum Gasteiger partial charge on any atom is -0.393 e. The molecule has 0 bridgehead atoms. The molecular weight excluding hydrogens is 217 g/mol. The Labute approximate surface area is 80.5 Å². The molecule has 0 aliphatic rings. The van der Waals surface area contributed by atoms with Gasteiger partial charge in [0.1, 0.15) is 6.10 Å². The molecule has 86 valence electrons. The lowest BCUT2D eigenvalue weighted by Gasteiger charge is -2.18. The van der Waals surface area contributed by atoms with Gasteiger partial charge in [-0.05, 0) is 0 Å². The molecule has 14 heavy (non-hydrogen) atoms. The molecule has 0 aliphatic heterocycles. The van der Waals surface area contributed by atoms with Crippen LogP contribution in [-0.2, 0) is 13.6 Å². The summed E-state index contributed by atoms with van der Waals surface area (Å²) in [5, 5.41) is 26.0. The molecule has 2 unspecified atom stereocenters. The maximum Gasteiger partial charge on any atom is 0.474 e. The molecule has 0 aromatic heterocycles. The Bertz CT molecular complexity index is 201. The van der Waals surface area contributed by atoms with Crippen LogP contribution in [0.4, 0.5) is 0 Å². The van der Waals surface area contributed by atoms with Crippen LogP contribution >= 0.6 is 7.82 Å². The van der Waals surface area contributed by atoms with Crippen LogP contribution in [0, 0.1) is 0 Å². The second-order valence-corrected chi connectivity index (χ2v) is 3.74. The van der Waals surface area contributed by atoms with Gasteiger partial charge in [0.05, 0.1) is 13.2 Å². The fourth-order valence-electron chi connectivity index (χ4n) is 0.495. The number of rotatable bonds is 7. The smallest absolute Gasteiger partial charge is 0.393 e. The van der Waals surface area contributed by atoms with Gasteiger partial charge in [-0.3, -0.25) is 9.05 Å². The lowest BCUT2D eigenvalue weighted by atomic mass is 10.4. The van der Waals surface area contributed by atoms with Crippen molar-refractivity contribution >= 4 is 7.82 Å². The molecule has 0 radical (unpaired) electrons. The van der Waals surface area contributed by atoms with Gasteiger partial charge in [0.2, 0.25) is 0 Å². The molecule has 0 rings (SSSR count). The average Bonchev–Trinajstić information content (AvgIpc) is 2.12. The van der Waals surface area contributed by atoms with E-state index < -0.39 is 26.8 Å². The van der Waals surface area contributed by atoms with Crippen LogP contribution in [0.5, 0.6) is 0 Å². The zero-order chi connectivity index (χ0) is 11.2. The van der Waals surface area contributed by atoms with E-state index in [1.165, 1.54) is 0 Å². The van der Waals surface area contributed by atoms with E-state index in [1.54, 1.807) is 0 Å². The Morgan fingerprint density at radius 2 is 2.00 bits per heavy atom. The van der Waals surface area contributed by atoms with E-state index in [4.69, 9.17) is 25.9 Å². The molecule has 0 fully saturated rings. The Kier molecular flexibility index (Phi) is 6.41. The summed E-state index contributed by atoms with van der Waals surface area (Å²) in [6, 6.07) is 0. The summed E-state index contributed by atoms with van der Waals surface area (Å²) in [7, 11) is -4.43. The summed E-state index contributed by atoms with van der Waals surface area (Å²) in [4.78, 5) is 8.86. The molecule has 9 heteroatoms. The summed E-state index contributed by atoms with van der Waals surface area (Å²) in [6.45, 7) is -1.03.